The Kier molecular flexibility index (Phi) is 11.0. The summed E-state index contributed by atoms with van der Waals surface area (Å²) in [5.74, 6) is 1.78. The van der Waals surface area contributed by atoms with Gasteiger partial charge in [0.25, 0.3) is 0 Å². The average Bonchev–Trinajstić information content (AvgIpc) is 3.43. The average molecular weight is 554 g/mol. The van der Waals surface area contributed by atoms with E-state index in [1.165, 1.54) is 16.0 Å². The smallest absolute Gasteiger partial charge is 0.191 e. The molecule has 31 heavy (non-hydrogen) atoms. The van der Waals surface area contributed by atoms with Crippen LogP contribution >= 0.6 is 35.3 Å². The summed E-state index contributed by atoms with van der Waals surface area (Å²) in [4.78, 5) is 12.8. The molecule has 0 amide bonds. The van der Waals surface area contributed by atoms with Crippen LogP contribution in [0.2, 0.25) is 0 Å². The van der Waals surface area contributed by atoms with E-state index in [2.05, 4.69) is 65.7 Å². The number of aryl methyl sites for hydroxylation is 1. The molecule has 168 valence electrons. The van der Waals surface area contributed by atoms with Gasteiger partial charge in [0.1, 0.15) is 10.8 Å². The van der Waals surface area contributed by atoms with Gasteiger partial charge in [-0.3, -0.25) is 4.90 Å². The van der Waals surface area contributed by atoms with E-state index in [1.54, 1.807) is 17.6 Å². The van der Waals surface area contributed by atoms with Crippen molar-refractivity contribution in [1.29, 1.82) is 0 Å². The zero-order chi connectivity index (χ0) is 21.2. The first kappa shape index (κ1) is 25.4. The van der Waals surface area contributed by atoms with Crippen LogP contribution in [0.15, 0.2) is 58.3 Å². The molecule has 0 aliphatic heterocycles. The molecule has 0 bridgehead atoms. The number of guanidine groups is 1. The van der Waals surface area contributed by atoms with Gasteiger partial charge in [0, 0.05) is 24.2 Å². The fourth-order valence-corrected chi connectivity index (χ4v) is 3.94. The first-order valence-corrected chi connectivity index (χ1v) is 11.2. The number of hydrogen-bond donors (Lipinski definition) is 2. The lowest BCUT2D eigenvalue weighted by molar-refractivity contribution is 0.287. The molecule has 0 unspecified atom stereocenters. The number of aromatic nitrogens is 1. The molecular weight excluding hydrogens is 521 g/mol. The molecule has 3 rings (SSSR count). The molecule has 6 nitrogen and oxygen atoms in total. The molecule has 1 aromatic carbocycles. The maximum atomic E-state index is 5.47. The quantitative estimate of drug-likeness (QED) is 0.215. The summed E-state index contributed by atoms with van der Waals surface area (Å²) in [5, 5.41) is 7.81. The third-order valence-electron chi connectivity index (χ3n) is 4.67. The zero-order valence-electron chi connectivity index (χ0n) is 18.4. The predicted molar refractivity (Wildman–Crippen MR) is 139 cm³/mol. The topological polar surface area (TPSA) is 65.7 Å². The van der Waals surface area contributed by atoms with Crippen molar-refractivity contribution in [1.82, 2.24) is 20.5 Å². The summed E-state index contributed by atoms with van der Waals surface area (Å²) in [6.45, 7) is 7.98. The summed E-state index contributed by atoms with van der Waals surface area (Å²) in [6.07, 6.45) is 4.70. The van der Waals surface area contributed by atoms with Crippen LogP contribution in [0, 0.1) is 0 Å². The Hall–Kier alpha value is -1.91. The van der Waals surface area contributed by atoms with Crippen LogP contribution in [0.3, 0.4) is 0 Å². The standard InChI is InChI=1S/C23H31N5OS.HI/c1-4-21-14-25-22(30-21)15-27-23(24-5-2)26-13-18-9-6-7-10-19(18)16-28(3)17-20-11-8-12-29-20;/h6-12,14H,4-5,13,15-17H2,1-3H3,(H2,24,26,27);1H. The van der Waals surface area contributed by atoms with Crippen molar-refractivity contribution in [3.63, 3.8) is 0 Å². The Morgan fingerprint density at radius 2 is 1.90 bits per heavy atom. The normalized spacial score (nSPS) is 11.4. The number of thiazole rings is 1. The third-order valence-corrected chi connectivity index (χ3v) is 5.81. The van der Waals surface area contributed by atoms with Crippen molar-refractivity contribution in [2.75, 3.05) is 13.6 Å². The second-order valence-corrected chi connectivity index (χ2v) is 8.34. The number of aliphatic imine (C=N–C) groups is 1. The Morgan fingerprint density at radius 1 is 1.10 bits per heavy atom. The minimum atomic E-state index is 0. The summed E-state index contributed by atoms with van der Waals surface area (Å²) >= 11 is 1.75. The molecule has 8 heteroatoms. The number of rotatable bonds is 10. The van der Waals surface area contributed by atoms with Crippen LogP contribution in [0.1, 0.15) is 40.6 Å². The second kappa shape index (κ2) is 13.5. The van der Waals surface area contributed by atoms with E-state index < -0.39 is 0 Å². The highest BCUT2D eigenvalue weighted by Gasteiger charge is 2.08. The lowest BCUT2D eigenvalue weighted by atomic mass is 10.1. The van der Waals surface area contributed by atoms with E-state index in [9.17, 15) is 0 Å². The first-order chi connectivity index (χ1) is 14.7. The molecular formula is C23H32IN5OS. The molecule has 3 aromatic rings. The monoisotopic (exact) mass is 553 g/mol. The predicted octanol–water partition coefficient (Wildman–Crippen LogP) is 4.80. The summed E-state index contributed by atoms with van der Waals surface area (Å²) in [6, 6.07) is 12.4. The summed E-state index contributed by atoms with van der Waals surface area (Å²) in [7, 11) is 2.10. The number of nitrogens with one attached hydrogen (secondary N) is 2. The van der Waals surface area contributed by atoms with E-state index in [0.29, 0.717) is 13.1 Å². The van der Waals surface area contributed by atoms with E-state index in [1.807, 2.05) is 18.3 Å². The largest absolute Gasteiger partial charge is 0.468 e. The van der Waals surface area contributed by atoms with Crippen LogP contribution in [-0.2, 0) is 32.6 Å². The van der Waals surface area contributed by atoms with Crippen LogP contribution in [0.5, 0.6) is 0 Å². The molecule has 0 atom stereocenters. The fourth-order valence-electron chi connectivity index (χ4n) is 3.14. The van der Waals surface area contributed by atoms with Gasteiger partial charge in [0.05, 0.1) is 25.9 Å². The van der Waals surface area contributed by atoms with Gasteiger partial charge in [-0.2, -0.15) is 0 Å². The number of halogens is 1. The number of hydrogen-bond acceptors (Lipinski definition) is 5. The lowest BCUT2D eigenvalue weighted by Gasteiger charge is -2.17. The Balaban J connectivity index is 0.00000341. The molecule has 0 aliphatic rings. The SMILES string of the molecule is CCNC(=NCc1ccccc1CN(C)Cc1ccco1)NCc1ncc(CC)s1.I. The van der Waals surface area contributed by atoms with E-state index in [4.69, 9.17) is 9.41 Å². The molecule has 0 aliphatic carbocycles. The minimum Gasteiger partial charge on any atom is -0.468 e. The highest BCUT2D eigenvalue weighted by Crippen LogP contribution is 2.15. The molecule has 2 heterocycles. The molecule has 0 radical (unpaired) electrons. The number of furan rings is 1. The second-order valence-electron chi connectivity index (χ2n) is 7.14. The zero-order valence-corrected chi connectivity index (χ0v) is 21.6. The van der Waals surface area contributed by atoms with Crippen LogP contribution < -0.4 is 10.6 Å². The third kappa shape index (κ3) is 8.27. The van der Waals surface area contributed by atoms with E-state index in [0.717, 1.165) is 42.8 Å². The van der Waals surface area contributed by atoms with Gasteiger partial charge in [-0.25, -0.2) is 9.98 Å². The maximum Gasteiger partial charge on any atom is 0.191 e. The highest BCUT2D eigenvalue weighted by atomic mass is 127. The van der Waals surface area contributed by atoms with Gasteiger partial charge in [0.2, 0.25) is 0 Å². The first-order valence-electron chi connectivity index (χ1n) is 10.4. The lowest BCUT2D eigenvalue weighted by Crippen LogP contribution is -2.36. The van der Waals surface area contributed by atoms with Gasteiger partial charge in [-0.1, -0.05) is 31.2 Å². The Labute approximate surface area is 206 Å². The van der Waals surface area contributed by atoms with Crippen molar-refractivity contribution in [3.05, 3.63) is 75.6 Å². The van der Waals surface area contributed by atoms with Crippen LogP contribution in [0.25, 0.3) is 0 Å². The van der Waals surface area contributed by atoms with Crippen molar-refractivity contribution in [3.8, 4) is 0 Å². The highest BCUT2D eigenvalue weighted by molar-refractivity contribution is 14.0. The van der Waals surface area contributed by atoms with Gasteiger partial charge < -0.3 is 15.1 Å². The van der Waals surface area contributed by atoms with E-state index in [-0.39, 0.29) is 24.0 Å². The molecule has 0 fully saturated rings. The summed E-state index contributed by atoms with van der Waals surface area (Å²) in [5.41, 5.74) is 2.50. The van der Waals surface area contributed by atoms with Gasteiger partial charge in [-0.05, 0) is 43.7 Å². The molecule has 2 N–H and O–H groups in total. The number of benzene rings is 1. The van der Waals surface area contributed by atoms with Crippen molar-refractivity contribution in [2.45, 2.75) is 46.4 Å². The maximum absolute atomic E-state index is 5.47. The van der Waals surface area contributed by atoms with Crippen LogP contribution in [-0.4, -0.2) is 29.4 Å². The van der Waals surface area contributed by atoms with Crippen LogP contribution in [0.4, 0.5) is 0 Å². The van der Waals surface area contributed by atoms with Gasteiger partial charge in [0.15, 0.2) is 5.96 Å². The van der Waals surface area contributed by atoms with Gasteiger partial charge in [-0.15, -0.1) is 35.3 Å². The molecule has 0 saturated heterocycles. The molecule has 0 spiro atoms. The summed E-state index contributed by atoms with van der Waals surface area (Å²) < 4.78 is 5.47. The van der Waals surface area contributed by atoms with E-state index >= 15 is 0 Å². The van der Waals surface area contributed by atoms with Crippen molar-refractivity contribution in [2.24, 2.45) is 4.99 Å². The van der Waals surface area contributed by atoms with Crippen molar-refractivity contribution < 1.29 is 4.42 Å². The Bertz CT molecular complexity index is 926. The van der Waals surface area contributed by atoms with Gasteiger partial charge >= 0.3 is 0 Å². The fraction of sp³-hybridized carbons (Fsp3) is 0.391. The number of nitrogens with zero attached hydrogens (tertiary/aromatic N) is 3. The molecule has 0 saturated carbocycles. The minimum absolute atomic E-state index is 0. The molecule has 2 aromatic heterocycles. The van der Waals surface area contributed by atoms with Crippen molar-refractivity contribution >= 4 is 41.3 Å². The Morgan fingerprint density at radius 3 is 2.58 bits per heavy atom.